The van der Waals surface area contributed by atoms with Gasteiger partial charge in [-0.1, -0.05) is 84.6 Å². The first-order valence-corrected chi connectivity index (χ1v) is 12.2. The fraction of sp³-hybridized carbons (Fsp3) is 0.111. The highest BCUT2D eigenvalue weighted by molar-refractivity contribution is 8.26. The number of aryl methyl sites for hydroxylation is 1. The van der Waals surface area contributed by atoms with Crippen molar-refractivity contribution in [3.8, 4) is 0 Å². The number of hydrogen-bond acceptors (Lipinski definition) is 5. The third-order valence-electron chi connectivity index (χ3n) is 5.79. The molecule has 1 fully saturated rings. The number of thiocarbonyl (C=S) groups is 1. The molecule has 3 aromatic carbocycles. The number of thioether (sulfide) groups is 1. The van der Waals surface area contributed by atoms with E-state index in [9.17, 15) is 14.4 Å². The number of para-hydroxylation sites is 1. The van der Waals surface area contributed by atoms with Crippen molar-refractivity contribution >= 4 is 63.0 Å². The zero-order valence-corrected chi connectivity index (χ0v) is 20.5. The Labute approximate surface area is 212 Å². The van der Waals surface area contributed by atoms with Gasteiger partial charge in [-0.05, 0) is 36.2 Å². The van der Waals surface area contributed by atoms with Crippen LogP contribution in [-0.2, 0) is 20.9 Å². The first-order chi connectivity index (χ1) is 16.9. The van der Waals surface area contributed by atoms with Gasteiger partial charge in [-0.2, -0.15) is 0 Å². The number of amides is 3. The van der Waals surface area contributed by atoms with E-state index in [2.05, 4.69) is 5.32 Å². The molecule has 5 rings (SSSR count). The Kier molecular flexibility index (Phi) is 6.23. The minimum Gasteiger partial charge on any atom is -0.325 e. The van der Waals surface area contributed by atoms with Crippen LogP contribution >= 0.6 is 24.0 Å². The summed E-state index contributed by atoms with van der Waals surface area (Å²) >= 11 is 6.62. The molecule has 1 saturated heterocycles. The Bertz CT molecular complexity index is 1400. The van der Waals surface area contributed by atoms with Gasteiger partial charge < -0.3 is 5.32 Å². The fourth-order valence-corrected chi connectivity index (χ4v) is 5.50. The predicted molar refractivity (Wildman–Crippen MR) is 143 cm³/mol. The lowest BCUT2D eigenvalue weighted by molar-refractivity contribution is -0.122. The lowest BCUT2D eigenvalue weighted by atomic mass is 10.1. The van der Waals surface area contributed by atoms with Crippen LogP contribution in [0, 0.1) is 6.92 Å². The van der Waals surface area contributed by atoms with E-state index in [-0.39, 0.29) is 29.8 Å². The van der Waals surface area contributed by atoms with E-state index in [1.54, 1.807) is 24.3 Å². The second kappa shape index (κ2) is 9.48. The summed E-state index contributed by atoms with van der Waals surface area (Å²) in [5.74, 6) is -1.00. The molecule has 0 aromatic heterocycles. The number of benzene rings is 3. The summed E-state index contributed by atoms with van der Waals surface area (Å²) in [5, 5.41) is 2.85. The van der Waals surface area contributed by atoms with Crippen LogP contribution in [0.4, 0.5) is 11.4 Å². The van der Waals surface area contributed by atoms with Crippen LogP contribution in [0.25, 0.3) is 5.57 Å². The molecule has 0 unspecified atom stereocenters. The summed E-state index contributed by atoms with van der Waals surface area (Å²) in [4.78, 5) is 43.0. The normalized spacial score (nSPS) is 17.2. The van der Waals surface area contributed by atoms with Crippen molar-refractivity contribution in [1.29, 1.82) is 0 Å². The van der Waals surface area contributed by atoms with Gasteiger partial charge in [0, 0.05) is 11.3 Å². The van der Waals surface area contributed by atoms with Crippen molar-refractivity contribution in [1.82, 2.24) is 4.90 Å². The van der Waals surface area contributed by atoms with E-state index in [0.29, 0.717) is 32.7 Å². The Morgan fingerprint density at radius 2 is 1.66 bits per heavy atom. The van der Waals surface area contributed by atoms with Gasteiger partial charge in [0.05, 0.1) is 22.7 Å². The van der Waals surface area contributed by atoms with Gasteiger partial charge in [0.25, 0.3) is 11.8 Å². The molecule has 35 heavy (non-hydrogen) atoms. The maximum Gasteiger partial charge on any atom is 0.267 e. The van der Waals surface area contributed by atoms with Gasteiger partial charge in [-0.15, -0.1) is 0 Å². The monoisotopic (exact) mass is 499 g/mol. The SMILES string of the molecule is Cc1cccc(NC(=O)CN2C(=O)/C(=C3\SC(=S)N(Cc4ccccc4)C3=O)c3ccccc32)c1. The van der Waals surface area contributed by atoms with Crippen LogP contribution in [0.3, 0.4) is 0 Å². The quantitative estimate of drug-likeness (QED) is 0.405. The molecule has 8 heteroatoms. The summed E-state index contributed by atoms with van der Waals surface area (Å²) in [6, 6.07) is 24.2. The van der Waals surface area contributed by atoms with Crippen molar-refractivity contribution in [2.45, 2.75) is 13.5 Å². The number of nitrogens with zero attached hydrogens (tertiary/aromatic N) is 2. The second-order valence-corrected chi connectivity index (χ2v) is 9.92. The second-order valence-electron chi connectivity index (χ2n) is 8.28. The van der Waals surface area contributed by atoms with E-state index < -0.39 is 0 Å². The molecule has 3 amide bonds. The van der Waals surface area contributed by atoms with Crippen LogP contribution in [0.1, 0.15) is 16.7 Å². The van der Waals surface area contributed by atoms with Gasteiger partial charge in [-0.25, -0.2) is 0 Å². The highest BCUT2D eigenvalue weighted by atomic mass is 32.2. The van der Waals surface area contributed by atoms with Crippen LogP contribution in [0.2, 0.25) is 0 Å². The zero-order chi connectivity index (χ0) is 24.5. The molecule has 3 aromatic rings. The van der Waals surface area contributed by atoms with Gasteiger partial charge in [-0.3, -0.25) is 24.2 Å². The molecule has 0 atom stereocenters. The average Bonchev–Trinajstić information content (AvgIpc) is 3.27. The summed E-state index contributed by atoms with van der Waals surface area (Å²) in [6.45, 7) is 2.11. The third-order valence-corrected chi connectivity index (χ3v) is 7.23. The molecule has 0 saturated carbocycles. The lowest BCUT2D eigenvalue weighted by Gasteiger charge is -2.17. The van der Waals surface area contributed by atoms with Gasteiger partial charge in [0.1, 0.15) is 10.9 Å². The number of fused-ring (bicyclic) bond motifs is 1. The summed E-state index contributed by atoms with van der Waals surface area (Å²) in [7, 11) is 0. The molecule has 174 valence electrons. The molecular weight excluding hydrogens is 478 g/mol. The lowest BCUT2D eigenvalue weighted by Crippen LogP contribution is -2.35. The maximum atomic E-state index is 13.6. The molecule has 0 bridgehead atoms. The van der Waals surface area contributed by atoms with Crippen LogP contribution < -0.4 is 10.2 Å². The Hall–Kier alpha value is -3.75. The minimum absolute atomic E-state index is 0.169. The summed E-state index contributed by atoms with van der Waals surface area (Å²) in [6.07, 6.45) is 0. The van der Waals surface area contributed by atoms with Crippen LogP contribution in [0.5, 0.6) is 0 Å². The molecule has 2 aliphatic heterocycles. The van der Waals surface area contributed by atoms with E-state index in [1.165, 1.54) is 9.80 Å². The van der Waals surface area contributed by atoms with Gasteiger partial charge >= 0.3 is 0 Å². The first kappa shape index (κ1) is 23.0. The van der Waals surface area contributed by atoms with E-state index in [1.807, 2.05) is 61.5 Å². The van der Waals surface area contributed by atoms with Crippen molar-refractivity contribution in [3.63, 3.8) is 0 Å². The molecule has 0 aliphatic carbocycles. The minimum atomic E-state index is -0.384. The Balaban J connectivity index is 1.43. The Morgan fingerprint density at radius 1 is 0.914 bits per heavy atom. The smallest absolute Gasteiger partial charge is 0.267 e. The molecule has 0 radical (unpaired) electrons. The predicted octanol–water partition coefficient (Wildman–Crippen LogP) is 4.75. The van der Waals surface area contributed by atoms with Crippen LogP contribution in [-0.4, -0.2) is 33.5 Å². The molecule has 0 spiro atoms. The number of hydrogen-bond donors (Lipinski definition) is 1. The zero-order valence-electron chi connectivity index (χ0n) is 18.9. The number of nitrogens with one attached hydrogen (secondary N) is 1. The summed E-state index contributed by atoms with van der Waals surface area (Å²) in [5.41, 5.74) is 4.14. The standard InChI is InChI=1S/C27H21N3O3S2/c1-17-8-7-11-19(14-17)28-22(31)16-29-21-13-6-5-12-20(21)23(25(29)32)24-26(33)30(27(34)35-24)15-18-9-3-2-4-10-18/h2-14H,15-16H2,1H3,(H,28,31)/b24-23-. The highest BCUT2D eigenvalue weighted by Crippen LogP contribution is 2.44. The van der Waals surface area contributed by atoms with Crippen molar-refractivity contribution in [2.24, 2.45) is 0 Å². The van der Waals surface area contributed by atoms with Gasteiger partial charge in [0.15, 0.2) is 0 Å². The van der Waals surface area contributed by atoms with E-state index in [0.717, 1.165) is 22.9 Å². The Morgan fingerprint density at radius 3 is 2.43 bits per heavy atom. The summed E-state index contributed by atoms with van der Waals surface area (Å²) < 4.78 is 0.405. The maximum absolute atomic E-state index is 13.6. The number of carbonyl (C=O) groups is 3. The van der Waals surface area contributed by atoms with E-state index in [4.69, 9.17) is 12.2 Å². The van der Waals surface area contributed by atoms with Crippen LogP contribution in [0.15, 0.2) is 83.8 Å². The number of rotatable bonds is 5. The van der Waals surface area contributed by atoms with Gasteiger partial charge in [0.2, 0.25) is 5.91 Å². The van der Waals surface area contributed by atoms with Crippen molar-refractivity contribution < 1.29 is 14.4 Å². The third kappa shape index (κ3) is 4.50. The average molecular weight is 500 g/mol. The largest absolute Gasteiger partial charge is 0.325 e. The topological polar surface area (TPSA) is 69.7 Å². The molecule has 1 N–H and O–H groups in total. The molecule has 2 heterocycles. The molecule has 2 aliphatic rings. The fourth-order valence-electron chi connectivity index (χ4n) is 4.18. The van der Waals surface area contributed by atoms with Crippen molar-refractivity contribution in [3.05, 3.63) is 100 Å². The first-order valence-electron chi connectivity index (χ1n) is 11.0. The highest BCUT2D eigenvalue weighted by Gasteiger charge is 2.42. The molecular formula is C27H21N3O3S2. The van der Waals surface area contributed by atoms with Crippen molar-refractivity contribution in [2.75, 3.05) is 16.8 Å². The van der Waals surface area contributed by atoms with E-state index >= 15 is 0 Å². The number of carbonyl (C=O) groups excluding carboxylic acids is 3. The number of anilines is 2. The molecule has 6 nitrogen and oxygen atoms in total.